The lowest BCUT2D eigenvalue weighted by Gasteiger charge is -2.13. The highest BCUT2D eigenvalue weighted by atomic mass is 35.5. The quantitative estimate of drug-likeness (QED) is 0.806. The number of halogens is 1. The molecule has 0 saturated carbocycles. The van der Waals surface area contributed by atoms with Crippen LogP contribution in [0.5, 0.6) is 11.5 Å². The predicted octanol–water partition coefficient (Wildman–Crippen LogP) is 2.31. The Hall–Kier alpha value is -1.19. The van der Waals surface area contributed by atoms with E-state index in [4.69, 9.17) is 15.2 Å². The Morgan fingerprint density at radius 1 is 1.33 bits per heavy atom. The van der Waals surface area contributed by atoms with Crippen molar-refractivity contribution in [1.82, 2.24) is 0 Å². The Kier molecular flexibility index (Phi) is 5.82. The highest BCUT2D eigenvalue weighted by Crippen LogP contribution is 2.28. The van der Waals surface area contributed by atoms with E-state index in [0.717, 1.165) is 17.1 Å². The fourth-order valence-corrected chi connectivity index (χ4v) is 1.23. The first-order valence-electron chi connectivity index (χ1n) is 4.33. The summed E-state index contributed by atoms with van der Waals surface area (Å²) in [5.74, 6) is 1.51. The normalized spacial score (nSPS) is 11.1. The molecule has 0 bridgehead atoms. The largest absolute Gasteiger partial charge is 0.497 e. The van der Waals surface area contributed by atoms with Gasteiger partial charge in [-0.05, 0) is 18.2 Å². The van der Waals surface area contributed by atoms with Crippen molar-refractivity contribution in [1.29, 1.82) is 0 Å². The van der Waals surface area contributed by atoms with E-state index in [1.165, 1.54) is 0 Å². The lowest BCUT2D eigenvalue weighted by Crippen LogP contribution is -2.08. The zero-order chi connectivity index (χ0) is 10.6. The maximum absolute atomic E-state index is 5.84. The van der Waals surface area contributed by atoms with Gasteiger partial charge in [-0.25, -0.2) is 0 Å². The summed E-state index contributed by atoms with van der Waals surface area (Å²) in [7, 11) is 3.23. The molecule has 15 heavy (non-hydrogen) atoms. The number of benzene rings is 1. The summed E-state index contributed by atoms with van der Waals surface area (Å²) >= 11 is 0. The van der Waals surface area contributed by atoms with Crippen LogP contribution in [-0.4, -0.2) is 14.2 Å². The monoisotopic (exact) mass is 229 g/mol. The maximum Gasteiger partial charge on any atom is 0.124 e. The molecule has 1 rings (SSSR count). The second kappa shape index (κ2) is 6.32. The number of hydrogen-bond donors (Lipinski definition) is 1. The fraction of sp³-hybridized carbons (Fsp3) is 0.273. The SMILES string of the molecule is C=C[C@H](N)c1cc(OC)ccc1OC.Cl. The van der Waals surface area contributed by atoms with Gasteiger partial charge < -0.3 is 15.2 Å². The predicted molar refractivity (Wildman–Crippen MR) is 63.9 cm³/mol. The number of ether oxygens (including phenoxy) is 2. The molecule has 4 heteroatoms. The van der Waals surface area contributed by atoms with Gasteiger partial charge >= 0.3 is 0 Å². The van der Waals surface area contributed by atoms with Crippen LogP contribution in [0.1, 0.15) is 11.6 Å². The minimum Gasteiger partial charge on any atom is -0.497 e. The second-order valence-corrected chi connectivity index (χ2v) is 2.87. The van der Waals surface area contributed by atoms with E-state index < -0.39 is 0 Å². The molecule has 1 aromatic carbocycles. The number of methoxy groups -OCH3 is 2. The molecular formula is C11H16ClNO2. The first-order chi connectivity index (χ1) is 6.72. The first-order valence-corrected chi connectivity index (χ1v) is 4.33. The lowest BCUT2D eigenvalue weighted by molar-refractivity contribution is 0.397. The zero-order valence-corrected chi connectivity index (χ0v) is 9.71. The smallest absolute Gasteiger partial charge is 0.124 e. The molecule has 0 aliphatic rings. The molecule has 3 nitrogen and oxygen atoms in total. The minimum atomic E-state index is -0.236. The first kappa shape index (κ1) is 13.8. The molecule has 84 valence electrons. The van der Waals surface area contributed by atoms with E-state index >= 15 is 0 Å². The van der Waals surface area contributed by atoms with Gasteiger partial charge in [-0.2, -0.15) is 0 Å². The molecule has 0 aliphatic heterocycles. The van der Waals surface area contributed by atoms with Gasteiger partial charge in [0.15, 0.2) is 0 Å². The van der Waals surface area contributed by atoms with Crippen molar-refractivity contribution >= 4 is 12.4 Å². The summed E-state index contributed by atoms with van der Waals surface area (Å²) in [5, 5.41) is 0. The Labute approximate surface area is 96.3 Å². The van der Waals surface area contributed by atoms with E-state index in [1.807, 2.05) is 18.2 Å². The van der Waals surface area contributed by atoms with Crippen LogP contribution in [0, 0.1) is 0 Å². The van der Waals surface area contributed by atoms with Crippen LogP contribution in [0.25, 0.3) is 0 Å². The number of rotatable bonds is 4. The van der Waals surface area contributed by atoms with E-state index in [1.54, 1.807) is 20.3 Å². The molecule has 1 atom stereocenters. The van der Waals surface area contributed by atoms with E-state index in [-0.39, 0.29) is 18.4 Å². The summed E-state index contributed by atoms with van der Waals surface area (Å²) in [5.41, 5.74) is 6.72. The summed E-state index contributed by atoms with van der Waals surface area (Å²) in [6.45, 7) is 3.65. The molecule has 0 radical (unpaired) electrons. The summed E-state index contributed by atoms with van der Waals surface area (Å²) < 4.78 is 10.3. The molecule has 1 aromatic rings. The van der Waals surface area contributed by atoms with Crippen LogP contribution in [0.2, 0.25) is 0 Å². The molecule has 0 fully saturated rings. The van der Waals surface area contributed by atoms with Crippen LogP contribution in [0.3, 0.4) is 0 Å². The van der Waals surface area contributed by atoms with Gasteiger partial charge in [0.05, 0.1) is 20.3 Å². The van der Waals surface area contributed by atoms with Gasteiger partial charge in [-0.3, -0.25) is 0 Å². The van der Waals surface area contributed by atoms with E-state index in [2.05, 4.69) is 6.58 Å². The molecule has 0 aliphatic carbocycles. The molecule has 0 heterocycles. The Morgan fingerprint density at radius 3 is 2.47 bits per heavy atom. The van der Waals surface area contributed by atoms with Crippen molar-refractivity contribution in [2.24, 2.45) is 5.73 Å². The van der Waals surface area contributed by atoms with Crippen LogP contribution < -0.4 is 15.2 Å². The highest BCUT2D eigenvalue weighted by molar-refractivity contribution is 5.85. The van der Waals surface area contributed by atoms with Crippen LogP contribution in [0.15, 0.2) is 30.9 Å². The van der Waals surface area contributed by atoms with Crippen LogP contribution >= 0.6 is 12.4 Å². The minimum absolute atomic E-state index is 0. The molecular weight excluding hydrogens is 214 g/mol. The summed E-state index contributed by atoms with van der Waals surface area (Å²) in [4.78, 5) is 0. The van der Waals surface area contributed by atoms with Gasteiger partial charge in [-0.1, -0.05) is 6.08 Å². The van der Waals surface area contributed by atoms with Gasteiger partial charge in [0.2, 0.25) is 0 Å². The van der Waals surface area contributed by atoms with Gasteiger partial charge in [0.25, 0.3) is 0 Å². The Balaban J connectivity index is 0.00000196. The average Bonchev–Trinajstić information content (AvgIpc) is 2.27. The standard InChI is InChI=1S/C11H15NO2.ClH/c1-4-10(12)9-7-8(13-2)5-6-11(9)14-3;/h4-7,10H,1,12H2,2-3H3;1H/t10-;/m0./s1. The van der Waals surface area contributed by atoms with Crippen molar-refractivity contribution in [3.8, 4) is 11.5 Å². The lowest BCUT2D eigenvalue weighted by atomic mass is 10.1. The van der Waals surface area contributed by atoms with Crippen molar-refractivity contribution in [2.75, 3.05) is 14.2 Å². The van der Waals surface area contributed by atoms with Crippen molar-refractivity contribution in [3.05, 3.63) is 36.4 Å². The van der Waals surface area contributed by atoms with Crippen molar-refractivity contribution in [3.63, 3.8) is 0 Å². The summed E-state index contributed by atoms with van der Waals surface area (Å²) in [6.07, 6.45) is 1.66. The topological polar surface area (TPSA) is 44.5 Å². The molecule has 0 unspecified atom stereocenters. The number of nitrogens with two attached hydrogens (primary N) is 1. The van der Waals surface area contributed by atoms with Gasteiger partial charge in [0, 0.05) is 5.56 Å². The molecule has 0 aromatic heterocycles. The zero-order valence-electron chi connectivity index (χ0n) is 8.90. The van der Waals surface area contributed by atoms with Gasteiger partial charge in [-0.15, -0.1) is 19.0 Å². The summed E-state index contributed by atoms with van der Waals surface area (Å²) in [6, 6.07) is 5.28. The second-order valence-electron chi connectivity index (χ2n) is 2.87. The van der Waals surface area contributed by atoms with Gasteiger partial charge in [0.1, 0.15) is 11.5 Å². The fourth-order valence-electron chi connectivity index (χ4n) is 1.23. The highest BCUT2D eigenvalue weighted by Gasteiger charge is 2.09. The molecule has 0 saturated heterocycles. The van der Waals surface area contributed by atoms with Crippen molar-refractivity contribution in [2.45, 2.75) is 6.04 Å². The van der Waals surface area contributed by atoms with Crippen LogP contribution in [0.4, 0.5) is 0 Å². The Morgan fingerprint density at radius 2 is 2.00 bits per heavy atom. The molecule has 0 spiro atoms. The number of hydrogen-bond acceptors (Lipinski definition) is 3. The Bertz CT molecular complexity index is 328. The molecule has 0 amide bonds. The average molecular weight is 230 g/mol. The third-order valence-corrected chi connectivity index (χ3v) is 2.05. The maximum atomic E-state index is 5.84. The molecule has 2 N–H and O–H groups in total. The van der Waals surface area contributed by atoms with E-state index in [9.17, 15) is 0 Å². The van der Waals surface area contributed by atoms with Crippen molar-refractivity contribution < 1.29 is 9.47 Å². The van der Waals surface area contributed by atoms with E-state index in [0.29, 0.717) is 0 Å². The van der Waals surface area contributed by atoms with Crippen LogP contribution in [-0.2, 0) is 0 Å². The third kappa shape index (κ3) is 3.15. The third-order valence-electron chi connectivity index (χ3n) is 2.05.